The Labute approximate surface area is 68.3 Å². The van der Waals surface area contributed by atoms with Gasteiger partial charge in [0.2, 0.25) is 0 Å². The first-order valence-corrected chi connectivity index (χ1v) is 4.46. The van der Waals surface area contributed by atoms with Crippen molar-refractivity contribution in [3.8, 4) is 0 Å². The van der Waals surface area contributed by atoms with Gasteiger partial charge in [-0.05, 0) is 23.8 Å². The van der Waals surface area contributed by atoms with Gasteiger partial charge in [-0.15, -0.1) is 0 Å². The third-order valence-corrected chi connectivity index (χ3v) is 2.67. The minimum Gasteiger partial charge on any atom is -0.0651 e. The van der Waals surface area contributed by atoms with Crippen molar-refractivity contribution in [3.63, 3.8) is 0 Å². The summed E-state index contributed by atoms with van der Waals surface area (Å²) >= 11 is 0. The molecule has 1 aliphatic rings. The lowest BCUT2D eigenvalue weighted by Crippen LogP contribution is -1.80. The molecular formula is C11H14. The van der Waals surface area contributed by atoms with Gasteiger partial charge in [-0.25, -0.2) is 0 Å². The van der Waals surface area contributed by atoms with Crippen LogP contribution in [-0.4, -0.2) is 0 Å². The topological polar surface area (TPSA) is 0 Å². The second kappa shape index (κ2) is 2.69. The zero-order valence-corrected chi connectivity index (χ0v) is 6.96. The Kier molecular flexibility index (Phi) is 1.69. The first-order valence-electron chi connectivity index (χ1n) is 4.46. The van der Waals surface area contributed by atoms with Crippen LogP contribution in [-0.2, 0) is 0 Å². The average Bonchev–Trinajstić information content (AvgIpc) is 2.85. The quantitative estimate of drug-likeness (QED) is 0.601. The lowest BCUT2D eigenvalue weighted by Gasteiger charge is -1.96. The fourth-order valence-electron chi connectivity index (χ4n) is 1.81. The fourth-order valence-corrected chi connectivity index (χ4v) is 1.81. The minimum absolute atomic E-state index is 0.890. The van der Waals surface area contributed by atoms with E-state index < -0.39 is 0 Å². The van der Waals surface area contributed by atoms with Crippen molar-refractivity contribution in [3.05, 3.63) is 35.9 Å². The molecule has 0 bridgehead atoms. The van der Waals surface area contributed by atoms with Gasteiger partial charge in [0.1, 0.15) is 0 Å². The maximum Gasteiger partial charge on any atom is -0.0131 e. The fraction of sp³-hybridized carbons (Fsp3) is 0.455. The minimum atomic E-state index is 0.890. The van der Waals surface area contributed by atoms with Crippen molar-refractivity contribution >= 4 is 0 Å². The molecule has 1 saturated carbocycles. The van der Waals surface area contributed by atoms with Crippen LogP contribution in [0.4, 0.5) is 0 Å². The standard InChI is InChI=1S/C11H14/c1-2-9-8-11(9)10-6-4-3-5-7-10/h3-7,9,11H,2,8H2,1H3/t9?,11-/m1/s1. The molecule has 0 N–H and O–H groups in total. The number of hydrogen-bond acceptors (Lipinski definition) is 0. The Hall–Kier alpha value is -0.780. The summed E-state index contributed by atoms with van der Waals surface area (Å²) in [6.45, 7) is 2.29. The van der Waals surface area contributed by atoms with Crippen molar-refractivity contribution in [1.29, 1.82) is 0 Å². The Bertz CT molecular complexity index is 225. The van der Waals surface area contributed by atoms with E-state index in [0.717, 1.165) is 11.8 Å². The molecule has 0 radical (unpaired) electrons. The normalized spacial score (nSPS) is 28.5. The van der Waals surface area contributed by atoms with Gasteiger partial charge in [-0.1, -0.05) is 43.7 Å². The summed E-state index contributed by atoms with van der Waals surface area (Å²) in [5.41, 5.74) is 1.54. The Morgan fingerprint density at radius 1 is 1.27 bits per heavy atom. The lowest BCUT2D eigenvalue weighted by molar-refractivity contribution is 0.766. The molecule has 58 valence electrons. The van der Waals surface area contributed by atoms with Gasteiger partial charge >= 0.3 is 0 Å². The largest absolute Gasteiger partial charge is 0.0651 e. The maximum atomic E-state index is 2.29. The Morgan fingerprint density at radius 2 is 2.00 bits per heavy atom. The van der Waals surface area contributed by atoms with Crippen molar-refractivity contribution in [1.82, 2.24) is 0 Å². The summed E-state index contributed by atoms with van der Waals surface area (Å²) in [5, 5.41) is 0. The van der Waals surface area contributed by atoms with Gasteiger partial charge in [0.25, 0.3) is 0 Å². The zero-order valence-electron chi connectivity index (χ0n) is 6.96. The van der Waals surface area contributed by atoms with Gasteiger partial charge in [0.15, 0.2) is 0 Å². The van der Waals surface area contributed by atoms with Crippen LogP contribution >= 0.6 is 0 Å². The first kappa shape index (κ1) is 6.90. The molecule has 0 saturated heterocycles. The molecule has 1 fully saturated rings. The molecule has 11 heavy (non-hydrogen) atoms. The smallest absolute Gasteiger partial charge is 0.0131 e. The van der Waals surface area contributed by atoms with E-state index in [2.05, 4.69) is 37.3 Å². The predicted molar refractivity (Wildman–Crippen MR) is 47.6 cm³/mol. The number of benzene rings is 1. The highest BCUT2D eigenvalue weighted by molar-refractivity contribution is 5.25. The highest BCUT2D eigenvalue weighted by Crippen LogP contribution is 2.49. The molecule has 2 atom stereocenters. The van der Waals surface area contributed by atoms with Gasteiger partial charge in [0, 0.05) is 0 Å². The van der Waals surface area contributed by atoms with Crippen molar-refractivity contribution in [2.75, 3.05) is 0 Å². The van der Waals surface area contributed by atoms with Crippen LogP contribution in [0.5, 0.6) is 0 Å². The highest BCUT2D eigenvalue weighted by Gasteiger charge is 2.35. The van der Waals surface area contributed by atoms with Gasteiger partial charge in [-0.2, -0.15) is 0 Å². The van der Waals surface area contributed by atoms with Crippen molar-refractivity contribution < 1.29 is 0 Å². The molecule has 2 rings (SSSR count). The third-order valence-electron chi connectivity index (χ3n) is 2.67. The van der Waals surface area contributed by atoms with Gasteiger partial charge < -0.3 is 0 Å². The average molecular weight is 146 g/mol. The zero-order chi connectivity index (χ0) is 7.68. The molecule has 1 aliphatic carbocycles. The molecule has 0 aromatic heterocycles. The van der Waals surface area contributed by atoms with Crippen LogP contribution in [0.25, 0.3) is 0 Å². The summed E-state index contributed by atoms with van der Waals surface area (Å²) in [6.07, 6.45) is 2.76. The van der Waals surface area contributed by atoms with Crippen LogP contribution < -0.4 is 0 Å². The van der Waals surface area contributed by atoms with Gasteiger partial charge in [-0.3, -0.25) is 0 Å². The third kappa shape index (κ3) is 1.30. The molecule has 0 amide bonds. The van der Waals surface area contributed by atoms with E-state index in [1.54, 1.807) is 5.56 Å². The molecule has 1 aromatic carbocycles. The summed E-state index contributed by atoms with van der Waals surface area (Å²) in [7, 11) is 0. The lowest BCUT2D eigenvalue weighted by atomic mass is 10.1. The molecular weight excluding hydrogens is 132 g/mol. The van der Waals surface area contributed by atoms with E-state index in [9.17, 15) is 0 Å². The van der Waals surface area contributed by atoms with Crippen LogP contribution in [0.15, 0.2) is 30.3 Å². The number of hydrogen-bond donors (Lipinski definition) is 0. The van der Waals surface area contributed by atoms with Crippen LogP contribution in [0, 0.1) is 5.92 Å². The second-order valence-electron chi connectivity index (χ2n) is 3.42. The second-order valence-corrected chi connectivity index (χ2v) is 3.42. The SMILES string of the molecule is CCC1C[C@H]1c1ccccc1. The molecule has 0 heterocycles. The predicted octanol–water partition coefficient (Wildman–Crippen LogP) is 3.20. The maximum absolute atomic E-state index is 2.29. The van der Waals surface area contributed by atoms with E-state index >= 15 is 0 Å². The number of rotatable bonds is 2. The first-order chi connectivity index (χ1) is 5.42. The van der Waals surface area contributed by atoms with E-state index in [1.165, 1.54) is 12.8 Å². The molecule has 1 aromatic rings. The van der Waals surface area contributed by atoms with Crippen molar-refractivity contribution in [2.45, 2.75) is 25.7 Å². The van der Waals surface area contributed by atoms with E-state index in [-0.39, 0.29) is 0 Å². The molecule has 1 unspecified atom stereocenters. The summed E-state index contributed by atoms with van der Waals surface area (Å²) < 4.78 is 0. The molecule has 0 spiro atoms. The van der Waals surface area contributed by atoms with Crippen LogP contribution in [0.2, 0.25) is 0 Å². The Balaban J connectivity index is 2.09. The highest BCUT2D eigenvalue weighted by atomic mass is 14.4. The van der Waals surface area contributed by atoms with Crippen LogP contribution in [0.3, 0.4) is 0 Å². The molecule has 0 heteroatoms. The summed E-state index contributed by atoms with van der Waals surface area (Å²) in [5.74, 6) is 1.87. The van der Waals surface area contributed by atoms with E-state index in [0.29, 0.717) is 0 Å². The summed E-state index contributed by atoms with van der Waals surface area (Å²) in [6, 6.07) is 10.9. The Morgan fingerprint density at radius 3 is 2.55 bits per heavy atom. The van der Waals surface area contributed by atoms with Crippen LogP contribution in [0.1, 0.15) is 31.2 Å². The van der Waals surface area contributed by atoms with E-state index in [4.69, 9.17) is 0 Å². The molecule has 0 aliphatic heterocycles. The monoisotopic (exact) mass is 146 g/mol. The van der Waals surface area contributed by atoms with E-state index in [1.807, 2.05) is 0 Å². The van der Waals surface area contributed by atoms with Gasteiger partial charge in [0.05, 0.1) is 0 Å². The molecule has 0 nitrogen and oxygen atoms in total. The van der Waals surface area contributed by atoms with Crippen molar-refractivity contribution in [2.24, 2.45) is 5.92 Å². The summed E-state index contributed by atoms with van der Waals surface area (Å²) in [4.78, 5) is 0.